The molecule has 0 aromatic carbocycles. The van der Waals surface area contributed by atoms with E-state index in [0.717, 1.165) is 0 Å². The maximum absolute atomic E-state index is 10.8. The Labute approximate surface area is 90.5 Å². The zero-order valence-electron chi connectivity index (χ0n) is 8.40. The Morgan fingerprint density at radius 2 is 2.31 bits per heavy atom. The van der Waals surface area contributed by atoms with Crippen molar-refractivity contribution in [1.29, 1.82) is 0 Å². The van der Waals surface area contributed by atoms with Gasteiger partial charge in [0.05, 0.1) is 12.0 Å². The summed E-state index contributed by atoms with van der Waals surface area (Å²) in [5, 5.41) is 10.8. The summed E-state index contributed by atoms with van der Waals surface area (Å²) in [5.41, 5.74) is -0.0983. The van der Waals surface area contributed by atoms with Crippen molar-refractivity contribution < 1.29 is 9.66 Å². The first-order valence-corrected chi connectivity index (χ1v) is 4.40. The third kappa shape index (κ3) is 1.70. The van der Waals surface area contributed by atoms with E-state index in [4.69, 9.17) is 4.74 Å². The fourth-order valence-electron chi connectivity index (χ4n) is 1.25. The predicted octanol–water partition coefficient (Wildman–Crippen LogP) is 1.18. The number of aromatic nitrogens is 3. The molecule has 7 heteroatoms. The van der Waals surface area contributed by atoms with Gasteiger partial charge in [0, 0.05) is 24.5 Å². The lowest BCUT2D eigenvalue weighted by Gasteiger charge is -2.04. The van der Waals surface area contributed by atoms with E-state index in [0.29, 0.717) is 5.88 Å². The zero-order valence-corrected chi connectivity index (χ0v) is 8.40. The standard InChI is InChI=1S/C9H8N4O3/c1-16-8-3-2-7(13(14)15)9(11-8)12-5-4-10-6-12/h2-6H,1H3. The molecule has 2 aromatic heterocycles. The summed E-state index contributed by atoms with van der Waals surface area (Å²) in [7, 11) is 1.45. The second kappa shape index (κ2) is 3.97. The van der Waals surface area contributed by atoms with E-state index >= 15 is 0 Å². The minimum atomic E-state index is -0.498. The maximum atomic E-state index is 10.8. The quantitative estimate of drug-likeness (QED) is 0.573. The molecule has 82 valence electrons. The van der Waals surface area contributed by atoms with E-state index in [1.54, 1.807) is 6.20 Å². The minimum absolute atomic E-state index is 0.0983. The number of methoxy groups -OCH3 is 1. The number of rotatable bonds is 3. The summed E-state index contributed by atoms with van der Waals surface area (Å²) in [6.45, 7) is 0. The molecule has 0 amide bonds. The summed E-state index contributed by atoms with van der Waals surface area (Å²) < 4.78 is 6.38. The highest BCUT2D eigenvalue weighted by Gasteiger charge is 2.17. The van der Waals surface area contributed by atoms with Gasteiger partial charge in [-0.3, -0.25) is 14.7 Å². The average molecular weight is 220 g/mol. The third-order valence-corrected chi connectivity index (χ3v) is 1.98. The Kier molecular flexibility index (Phi) is 2.50. The number of hydrogen-bond donors (Lipinski definition) is 0. The van der Waals surface area contributed by atoms with Crippen LogP contribution in [0.15, 0.2) is 30.9 Å². The smallest absolute Gasteiger partial charge is 0.312 e. The first kappa shape index (κ1) is 10.1. The molecular formula is C9H8N4O3. The highest BCUT2D eigenvalue weighted by molar-refractivity contribution is 5.48. The van der Waals surface area contributed by atoms with Gasteiger partial charge in [-0.25, -0.2) is 4.98 Å². The molecule has 0 radical (unpaired) electrons. The van der Waals surface area contributed by atoms with Gasteiger partial charge in [-0.1, -0.05) is 0 Å². The van der Waals surface area contributed by atoms with E-state index in [2.05, 4.69) is 9.97 Å². The molecule has 0 N–H and O–H groups in total. The van der Waals surface area contributed by atoms with Crippen molar-refractivity contribution in [2.75, 3.05) is 7.11 Å². The number of imidazole rings is 1. The Morgan fingerprint density at radius 1 is 1.50 bits per heavy atom. The summed E-state index contributed by atoms with van der Waals surface area (Å²) in [4.78, 5) is 18.1. The van der Waals surface area contributed by atoms with Gasteiger partial charge in [0.15, 0.2) is 0 Å². The molecule has 0 saturated carbocycles. The second-order valence-electron chi connectivity index (χ2n) is 2.92. The number of nitrogens with zero attached hydrogens (tertiary/aromatic N) is 4. The van der Waals surface area contributed by atoms with Gasteiger partial charge in [-0.2, -0.15) is 4.98 Å². The number of nitro groups is 1. The fraction of sp³-hybridized carbons (Fsp3) is 0.111. The second-order valence-corrected chi connectivity index (χ2v) is 2.92. The fourth-order valence-corrected chi connectivity index (χ4v) is 1.25. The van der Waals surface area contributed by atoms with E-state index in [1.807, 2.05) is 0 Å². The first-order chi connectivity index (χ1) is 7.72. The first-order valence-electron chi connectivity index (χ1n) is 4.40. The summed E-state index contributed by atoms with van der Waals surface area (Å²) >= 11 is 0. The summed E-state index contributed by atoms with van der Waals surface area (Å²) in [5.74, 6) is 0.496. The molecule has 0 aliphatic carbocycles. The lowest BCUT2D eigenvalue weighted by atomic mass is 10.4. The predicted molar refractivity (Wildman–Crippen MR) is 54.6 cm³/mol. The Bertz CT molecular complexity index is 509. The molecule has 0 unspecified atom stereocenters. The van der Waals surface area contributed by atoms with Crippen LogP contribution in [0.4, 0.5) is 5.69 Å². The van der Waals surface area contributed by atoms with Gasteiger partial charge in [0.2, 0.25) is 11.7 Å². The molecule has 0 saturated heterocycles. The zero-order chi connectivity index (χ0) is 11.5. The molecule has 0 atom stereocenters. The van der Waals surface area contributed by atoms with Crippen LogP contribution in [0.5, 0.6) is 5.88 Å². The highest BCUT2D eigenvalue weighted by atomic mass is 16.6. The van der Waals surface area contributed by atoms with Gasteiger partial charge in [-0.15, -0.1) is 0 Å². The van der Waals surface area contributed by atoms with Crippen LogP contribution in [0.2, 0.25) is 0 Å². The lowest BCUT2D eigenvalue weighted by molar-refractivity contribution is -0.384. The van der Waals surface area contributed by atoms with Crippen LogP contribution in [-0.4, -0.2) is 26.6 Å². The highest BCUT2D eigenvalue weighted by Crippen LogP contribution is 2.23. The molecule has 2 rings (SSSR count). The van der Waals surface area contributed by atoms with Crippen molar-refractivity contribution in [1.82, 2.24) is 14.5 Å². The SMILES string of the molecule is COc1ccc([N+](=O)[O-])c(-n2ccnc2)n1. The largest absolute Gasteiger partial charge is 0.481 e. The Morgan fingerprint density at radius 3 is 2.88 bits per heavy atom. The molecule has 7 nitrogen and oxygen atoms in total. The van der Waals surface area contributed by atoms with Gasteiger partial charge in [0.25, 0.3) is 0 Å². The van der Waals surface area contributed by atoms with Crippen LogP contribution >= 0.6 is 0 Å². The Hall–Kier alpha value is -2.44. The lowest BCUT2D eigenvalue weighted by Crippen LogP contribution is -2.02. The topological polar surface area (TPSA) is 83.1 Å². The molecule has 0 fully saturated rings. The molecule has 16 heavy (non-hydrogen) atoms. The van der Waals surface area contributed by atoms with Crippen molar-refractivity contribution in [3.05, 3.63) is 41.0 Å². The normalized spacial score (nSPS) is 10.1. The molecule has 0 bridgehead atoms. The Balaban J connectivity index is 2.59. The van der Waals surface area contributed by atoms with E-state index < -0.39 is 4.92 Å². The van der Waals surface area contributed by atoms with Crippen LogP contribution in [0.25, 0.3) is 5.82 Å². The minimum Gasteiger partial charge on any atom is -0.481 e. The molecule has 0 spiro atoms. The summed E-state index contributed by atoms with van der Waals surface area (Å²) in [6.07, 6.45) is 4.54. The van der Waals surface area contributed by atoms with Crippen LogP contribution in [0.3, 0.4) is 0 Å². The van der Waals surface area contributed by atoms with E-state index in [-0.39, 0.29) is 11.5 Å². The average Bonchev–Trinajstić information content (AvgIpc) is 2.81. The van der Waals surface area contributed by atoms with E-state index in [1.165, 1.54) is 36.3 Å². The van der Waals surface area contributed by atoms with Crippen molar-refractivity contribution >= 4 is 5.69 Å². The van der Waals surface area contributed by atoms with Gasteiger partial charge < -0.3 is 4.74 Å². The maximum Gasteiger partial charge on any atom is 0.312 e. The molecular weight excluding hydrogens is 212 g/mol. The molecule has 0 aliphatic heterocycles. The van der Waals surface area contributed by atoms with Gasteiger partial charge in [0.1, 0.15) is 6.33 Å². The molecule has 0 aliphatic rings. The number of hydrogen-bond acceptors (Lipinski definition) is 5. The monoisotopic (exact) mass is 220 g/mol. The third-order valence-electron chi connectivity index (χ3n) is 1.98. The van der Waals surface area contributed by atoms with Crippen molar-refractivity contribution in [3.8, 4) is 11.7 Å². The number of ether oxygens (including phenoxy) is 1. The van der Waals surface area contributed by atoms with E-state index in [9.17, 15) is 10.1 Å². The van der Waals surface area contributed by atoms with Crippen LogP contribution in [0, 0.1) is 10.1 Å². The van der Waals surface area contributed by atoms with Crippen molar-refractivity contribution in [2.45, 2.75) is 0 Å². The van der Waals surface area contributed by atoms with Gasteiger partial charge >= 0.3 is 5.69 Å². The molecule has 2 aromatic rings. The van der Waals surface area contributed by atoms with Crippen LogP contribution < -0.4 is 4.74 Å². The molecule has 2 heterocycles. The summed E-state index contributed by atoms with van der Waals surface area (Å²) in [6, 6.07) is 2.79. The number of pyridine rings is 1. The van der Waals surface area contributed by atoms with Crippen LogP contribution in [-0.2, 0) is 0 Å². The van der Waals surface area contributed by atoms with Crippen molar-refractivity contribution in [3.63, 3.8) is 0 Å². The van der Waals surface area contributed by atoms with Gasteiger partial charge in [-0.05, 0) is 0 Å². The van der Waals surface area contributed by atoms with Crippen molar-refractivity contribution in [2.24, 2.45) is 0 Å². The van der Waals surface area contributed by atoms with Crippen LogP contribution in [0.1, 0.15) is 0 Å².